The van der Waals surface area contributed by atoms with Gasteiger partial charge in [0.1, 0.15) is 11.3 Å². The molecule has 1 aromatic carbocycles. The lowest BCUT2D eigenvalue weighted by Crippen LogP contribution is -2.48. The average Bonchev–Trinajstić information content (AvgIpc) is 2.27. The van der Waals surface area contributed by atoms with E-state index >= 15 is 0 Å². The second kappa shape index (κ2) is 4.75. The largest absolute Gasteiger partial charge is 0.508 e. The molecule has 1 rings (SSSR count). The summed E-state index contributed by atoms with van der Waals surface area (Å²) in [6, 6.07) is 6.80. The summed E-state index contributed by atoms with van der Waals surface area (Å²) in [6.07, 6.45) is 0. The second-order valence-electron chi connectivity index (χ2n) is 4.71. The molecule has 0 saturated heterocycles. The molecule has 1 unspecified atom stereocenters. The number of hydrogen-bond donors (Lipinski definition) is 2. The van der Waals surface area contributed by atoms with E-state index < -0.39 is 11.5 Å². The molecule has 4 heteroatoms. The lowest BCUT2D eigenvalue weighted by Gasteiger charge is -2.36. The van der Waals surface area contributed by atoms with Crippen molar-refractivity contribution in [3.63, 3.8) is 0 Å². The van der Waals surface area contributed by atoms with Crippen molar-refractivity contribution in [2.24, 2.45) is 0 Å². The van der Waals surface area contributed by atoms with Crippen molar-refractivity contribution >= 4 is 5.97 Å². The van der Waals surface area contributed by atoms with E-state index in [0.29, 0.717) is 0 Å². The van der Waals surface area contributed by atoms with E-state index in [-0.39, 0.29) is 11.8 Å². The number of carboxylic acids is 1. The first-order valence-corrected chi connectivity index (χ1v) is 5.52. The van der Waals surface area contributed by atoms with Crippen LogP contribution in [0.3, 0.4) is 0 Å². The standard InChI is InChI=1S/C13H19NO3/c1-9(10-7-5-6-8-11(10)15)14(4)13(2,3)12(16)17/h5-9,15H,1-4H3,(H,16,17). The Balaban J connectivity index is 3.02. The molecule has 17 heavy (non-hydrogen) atoms. The Labute approximate surface area is 101 Å². The number of phenols is 1. The third-order valence-corrected chi connectivity index (χ3v) is 3.37. The fourth-order valence-corrected chi connectivity index (χ4v) is 1.68. The van der Waals surface area contributed by atoms with Gasteiger partial charge >= 0.3 is 5.97 Å². The highest BCUT2D eigenvalue weighted by atomic mass is 16.4. The number of para-hydroxylation sites is 1. The van der Waals surface area contributed by atoms with E-state index in [2.05, 4.69) is 0 Å². The molecule has 0 aliphatic rings. The molecule has 4 nitrogen and oxygen atoms in total. The van der Waals surface area contributed by atoms with E-state index in [1.807, 2.05) is 13.0 Å². The van der Waals surface area contributed by atoms with Gasteiger partial charge in [0.25, 0.3) is 0 Å². The van der Waals surface area contributed by atoms with Crippen molar-refractivity contribution in [3.8, 4) is 5.75 Å². The summed E-state index contributed by atoms with van der Waals surface area (Å²) in [5, 5.41) is 18.9. The van der Waals surface area contributed by atoms with E-state index in [9.17, 15) is 15.0 Å². The summed E-state index contributed by atoms with van der Waals surface area (Å²) in [5.74, 6) is -0.699. The molecule has 0 heterocycles. The number of phenolic OH excluding ortho intramolecular Hbond substituents is 1. The highest BCUT2D eigenvalue weighted by Crippen LogP contribution is 2.31. The van der Waals surface area contributed by atoms with Gasteiger partial charge in [-0.3, -0.25) is 9.69 Å². The van der Waals surface area contributed by atoms with Crippen LogP contribution < -0.4 is 0 Å². The van der Waals surface area contributed by atoms with Gasteiger partial charge in [-0.2, -0.15) is 0 Å². The first kappa shape index (κ1) is 13.5. The molecule has 0 spiro atoms. The minimum atomic E-state index is -0.984. The maximum Gasteiger partial charge on any atom is 0.323 e. The first-order chi connectivity index (χ1) is 7.78. The van der Waals surface area contributed by atoms with Gasteiger partial charge in [-0.25, -0.2) is 0 Å². The van der Waals surface area contributed by atoms with Crippen LogP contribution in [0, 0.1) is 0 Å². The Morgan fingerprint density at radius 1 is 1.35 bits per heavy atom. The number of likely N-dealkylation sites (N-methyl/N-ethyl adjacent to an activating group) is 1. The predicted octanol–water partition coefficient (Wildman–Crippen LogP) is 2.25. The molecular formula is C13H19NO3. The van der Waals surface area contributed by atoms with Gasteiger partial charge < -0.3 is 10.2 Å². The molecule has 2 N–H and O–H groups in total. The van der Waals surface area contributed by atoms with Gasteiger partial charge in [0.2, 0.25) is 0 Å². The number of carbonyl (C=O) groups is 1. The summed E-state index contributed by atoms with van der Waals surface area (Å²) >= 11 is 0. The van der Waals surface area contributed by atoms with E-state index in [4.69, 9.17) is 0 Å². The fourth-order valence-electron chi connectivity index (χ4n) is 1.68. The van der Waals surface area contributed by atoms with Crippen LogP contribution in [0.2, 0.25) is 0 Å². The van der Waals surface area contributed by atoms with Crippen LogP contribution in [0.4, 0.5) is 0 Å². The third-order valence-electron chi connectivity index (χ3n) is 3.37. The van der Waals surface area contributed by atoms with Gasteiger partial charge in [0.05, 0.1) is 0 Å². The monoisotopic (exact) mass is 237 g/mol. The molecule has 1 atom stereocenters. The summed E-state index contributed by atoms with van der Waals surface area (Å²) in [6.45, 7) is 5.16. The van der Waals surface area contributed by atoms with Gasteiger partial charge in [-0.15, -0.1) is 0 Å². The minimum absolute atomic E-state index is 0.178. The summed E-state index contributed by atoms with van der Waals surface area (Å²) < 4.78 is 0. The zero-order chi connectivity index (χ0) is 13.2. The van der Waals surface area contributed by atoms with Crippen LogP contribution in [-0.4, -0.2) is 33.7 Å². The van der Waals surface area contributed by atoms with Gasteiger partial charge in [-0.05, 0) is 33.9 Å². The first-order valence-electron chi connectivity index (χ1n) is 5.52. The van der Waals surface area contributed by atoms with E-state index in [1.54, 1.807) is 44.0 Å². The molecule has 0 fully saturated rings. The van der Waals surface area contributed by atoms with Crippen LogP contribution in [0.25, 0.3) is 0 Å². The normalized spacial score (nSPS) is 13.7. The van der Waals surface area contributed by atoms with Crippen molar-refractivity contribution in [1.82, 2.24) is 4.90 Å². The number of aromatic hydroxyl groups is 1. The van der Waals surface area contributed by atoms with Crippen LogP contribution in [0.5, 0.6) is 5.75 Å². The Hall–Kier alpha value is -1.55. The highest BCUT2D eigenvalue weighted by molar-refractivity contribution is 5.77. The van der Waals surface area contributed by atoms with E-state index in [0.717, 1.165) is 5.56 Å². The van der Waals surface area contributed by atoms with Crippen molar-refractivity contribution < 1.29 is 15.0 Å². The molecule has 0 aromatic heterocycles. The Morgan fingerprint density at radius 2 is 1.88 bits per heavy atom. The summed E-state index contributed by atoms with van der Waals surface area (Å²) in [4.78, 5) is 12.9. The van der Waals surface area contributed by atoms with Crippen molar-refractivity contribution in [3.05, 3.63) is 29.8 Å². The molecular weight excluding hydrogens is 218 g/mol. The highest BCUT2D eigenvalue weighted by Gasteiger charge is 2.35. The molecule has 0 aliphatic heterocycles. The lowest BCUT2D eigenvalue weighted by molar-refractivity contribution is -0.149. The quantitative estimate of drug-likeness (QED) is 0.843. The van der Waals surface area contributed by atoms with E-state index in [1.165, 1.54) is 0 Å². The van der Waals surface area contributed by atoms with Gasteiger partial charge in [0, 0.05) is 11.6 Å². The molecule has 1 aromatic rings. The maximum atomic E-state index is 11.2. The Bertz CT molecular complexity index is 415. The predicted molar refractivity (Wildman–Crippen MR) is 66.0 cm³/mol. The summed E-state index contributed by atoms with van der Waals surface area (Å²) in [7, 11) is 1.74. The maximum absolute atomic E-state index is 11.2. The number of benzene rings is 1. The van der Waals surface area contributed by atoms with Gasteiger partial charge in [-0.1, -0.05) is 18.2 Å². The minimum Gasteiger partial charge on any atom is -0.508 e. The molecule has 0 aliphatic carbocycles. The topological polar surface area (TPSA) is 60.8 Å². The molecule has 0 saturated carbocycles. The van der Waals surface area contributed by atoms with Crippen LogP contribution >= 0.6 is 0 Å². The molecule has 0 radical (unpaired) electrons. The number of rotatable bonds is 4. The zero-order valence-electron chi connectivity index (χ0n) is 10.6. The smallest absolute Gasteiger partial charge is 0.323 e. The Morgan fingerprint density at radius 3 is 2.35 bits per heavy atom. The third kappa shape index (κ3) is 2.58. The molecule has 94 valence electrons. The fraction of sp³-hybridized carbons (Fsp3) is 0.462. The summed E-state index contributed by atoms with van der Waals surface area (Å²) in [5.41, 5.74) is -0.258. The van der Waals surface area contributed by atoms with Crippen molar-refractivity contribution in [1.29, 1.82) is 0 Å². The SMILES string of the molecule is CC(c1ccccc1O)N(C)C(C)(C)C(=O)O. The van der Waals surface area contributed by atoms with Crippen LogP contribution in [-0.2, 0) is 4.79 Å². The number of aliphatic carboxylic acids is 1. The van der Waals surface area contributed by atoms with Crippen LogP contribution in [0.15, 0.2) is 24.3 Å². The Kier molecular flexibility index (Phi) is 3.78. The van der Waals surface area contributed by atoms with Crippen LogP contribution in [0.1, 0.15) is 32.4 Å². The van der Waals surface area contributed by atoms with Crippen molar-refractivity contribution in [2.45, 2.75) is 32.4 Å². The van der Waals surface area contributed by atoms with Gasteiger partial charge in [0.15, 0.2) is 0 Å². The lowest BCUT2D eigenvalue weighted by atomic mass is 9.98. The second-order valence-corrected chi connectivity index (χ2v) is 4.71. The van der Waals surface area contributed by atoms with Crippen molar-refractivity contribution in [2.75, 3.05) is 7.05 Å². The number of nitrogens with zero attached hydrogens (tertiary/aromatic N) is 1. The average molecular weight is 237 g/mol. The zero-order valence-corrected chi connectivity index (χ0v) is 10.6. The molecule has 0 amide bonds. The number of hydrogen-bond acceptors (Lipinski definition) is 3. The molecule has 0 bridgehead atoms. The number of carboxylic acid groups (broad SMARTS) is 1.